The molecule has 2 aromatic carbocycles. The fourth-order valence-electron chi connectivity index (χ4n) is 4.08. The summed E-state index contributed by atoms with van der Waals surface area (Å²) in [5.74, 6) is 0.331. The number of carbonyl (C=O) groups is 1. The summed E-state index contributed by atoms with van der Waals surface area (Å²) in [5, 5.41) is 9.81. The Hall–Kier alpha value is -3.69. The lowest BCUT2D eigenvalue weighted by atomic mass is 9.96. The third-order valence-corrected chi connectivity index (χ3v) is 5.93. The maximum atomic E-state index is 14.0. The number of benzene rings is 2. The predicted octanol–water partition coefficient (Wildman–Crippen LogP) is 5.43. The van der Waals surface area contributed by atoms with Crippen molar-refractivity contribution in [3.63, 3.8) is 0 Å². The molecule has 7 nitrogen and oxygen atoms in total. The number of carbonyl (C=O) groups excluding carboxylic acids is 1. The molecule has 10 heteroatoms. The van der Waals surface area contributed by atoms with Crippen LogP contribution in [0.2, 0.25) is 0 Å². The van der Waals surface area contributed by atoms with Gasteiger partial charge in [-0.25, -0.2) is 4.68 Å². The summed E-state index contributed by atoms with van der Waals surface area (Å²) in [6, 6.07) is 7.89. The molecule has 180 valence electrons. The highest BCUT2D eigenvalue weighted by molar-refractivity contribution is 6.08. The minimum absolute atomic E-state index is 0.0103. The number of halogens is 3. The van der Waals surface area contributed by atoms with Gasteiger partial charge in [0.2, 0.25) is 0 Å². The zero-order valence-corrected chi connectivity index (χ0v) is 19.2. The van der Waals surface area contributed by atoms with Gasteiger partial charge >= 0.3 is 6.18 Å². The molecule has 0 saturated carbocycles. The molecule has 2 N–H and O–H groups in total. The Morgan fingerprint density at radius 3 is 2.53 bits per heavy atom. The minimum Gasteiger partial charge on any atom is -0.493 e. The van der Waals surface area contributed by atoms with Gasteiger partial charge in [0.1, 0.15) is 11.4 Å². The fraction of sp³-hybridized carbons (Fsp3) is 0.333. The Balaban J connectivity index is 1.71. The van der Waals surface area contributed by atoms with Gasteiger partial charge < -0.3 is 20.1 Å². The standard InChI is InChI=1S/C24H25F3N4O3/c1-13-5-6-14(2)17(9-13)30-23(32)16-12-28-31-21(24(25,26)27)11-18(29-22(16)31)15-7-8-19(33-3)20(10-15)34-4/h5-10,12,18,21,29H,11H2,1-4H3,(H,30,32)/t18-,21+/m0/s1. The molecule has 3 aromatic rings. The first-order valence-electron chi connectivity index (χ1n) is 10.6. The summed E-state index contributed by atoms with van der Waals surface area (Å²) in [7, 11) is 2.94. The van der Waals surface area contributed by atoms with Crippen LogP contribution >= 0.6 is 0 Å². The van der Waals surface area contributed by atoms with Crippen molar-refractivity contribution in [1.29, 1.82) is 0 Å². The zero-order chi connectivity index (χ0) is 24.6. The average Bonchev–Trinajstić information content (AvgIpc) is 3.23. The first-order valence-corrected chi connectivity index (χ1v) is 10.6. The van der Waals surface area contributed by atoms with E-state index >= 15 is 0 Å². The molecule has 1 aromatic heterocycles. The second-order valence-electron chi connectivity index (χ2n) is 8.23. The molecule has 2 atom stereocenters. The number of anilines is 2. The molecule has 0 radical (unpaired) electrons. The van der Waals surface area contributed by atoms with E-state index < -0.39 is 24.2 Å². The highest BCUT2D eigenvalue weighted by Crippen LogP contribution is 2.45. The first kappa shape index (κ1) is 23.5. The van der Waals surface area contributed by atoms with Crippen molar-refractivity contribution in [2.24, 2.45) is 0 Å². The van der Waals surface area contributed by atoms with Crippen molar-refractivity contribution in [1.82, 2.24) is 9.78 Å². The Morgan fingerprint density at radius 1 is 1.12 bits per heavy atom. The van der Waals surface area contributed by atoms with Gasteiger partial charge in [-0.1, -0.05) is 18.2 Å². The van der Waals surface area contributed by atoms with E-state index in [1.807, 2.05) is 32.0 Å². The van der Waals surface area contributed by atoms with Crippen molar-refractivity contribution >= 4 is 17.4 Å². The second kappa shape index (κ2) is 8.92. The summed E-state index contributed by atoms with van der Waals surface area (Å²) in [6.07, 6.45) is -3.69. The van der Waals surface area contributed by atoms with Gasteiger partial charge in [-0.05, 0) is 48.7 Å². The van der Waals surface area contributed by atoms with E-state index in [2.05, 4.69) is 15.7 Å². The minimum atomic E-state index is -4.56. The number of nitrogens with one attached hydrogen (secondary N) is 2. The number of alkyl halides is 3. The number of amides is 1. The number of rotatable bonds is 5. The quantitative estimate of drug-likeness (QED) is 0.516. The van der Waals surface area contributed by atoms with Crippen LogP contribution in [0, 0.1) is 13.8 Å². The van der Waals surface area contributed by atoms with E-state index in [-0.39, 0.29) is 17.8 Å². The van der Waals surface area contributed by atoms with E-state index in [9.17, 15) is 18.0 Å². The van der Waals surface area contributed by atoms with E-state index in [4.69, 9.17) is 9.47 Å². The van der Waals surface area contributed by atoms with Gasteiger partial charge in [-0.15, -0.1) is 0 Å². The summed E-state index contributed by atoms with van der Waals surface area (Å²) < 4.78 is 53.4. The number of aromatic nitrogens is 2. The Bertz CT molecular complexity index is 1220. The van der Waals surface area contributed by atoms with Crippen LogP contribution in [-0.4, -0.2) is 36.1 Å². The highest BCUT2D eigenvalue weighted by atomic mass is 19.4. The molecule has 0 fully saturated rings. The molecule has 0 spiro atoms. The molecule has 4 rings (SSSR count). The zero-order valence-electron chi connectivity index (χ0n) is 19.2. The van der Waals surface area contributed by atoms with Crippen molar-refractivity contribution in [3.8, 4) is 11.5 Å². The first-order chi connectivity index (χ1) is 16.1. The Labute approximate surface area is 194 Å². The molecule has 34 heavy (non-hydrogen) atoms. The third-order valence-electron chi connectivity index (χ3n) is 5.93. The predicted molar refractivity (Wildman–Crippen MR) is 122 cm³/mol. The molecule has 0 unspecified atom stereocenters. The van der Waals surface area contributed by atoms with E-state index in [0.29, 0.717) is 22.7 Å². The van der Waals surface area contributed by atoms with E-state index in [0.717, 1.165) is 15.8 Å². The normalized spacial score (nSPS) is 17.5. The number of hydrogen-bond donors (Lipinski definition) is 2. The van der Waals surface area contributed by atoms with Crippen LogP contribution < -0.4 is 20.1 Å². The molecule has 1 aliphatic heterocycles. The van der Waals surface area contributed by atoms with Crippen LogP contribution in [-0.2, 0) is 0 Å². The van der Waals surface area contributed by atoms with Crippen LogP contribution in [0.3, 0.4) is 0 Å². The van der Waals surface area contributed by atoms with Crippen LogP contribution in [0.15, 0.2) is 42.6 Å². The number of hydrogen-bond acceptors (Lipinski definition) is 5. The van der Waals surface area contributed by atoms with Crippen LogP contribution in [0.5, 0.6) is 11.5 Å². The molecule has 2 heterocycles. The summed E-state index contributed by atoms with van der Waals surface area (Å²) in [6.45, 7) is 3.73. The summed E-state index contributed by atoms with van der Waals surface area (Å²) in [5.41, 5.74) is 2.97. The maximum Gasteiger partial charge on any atom is 0.410 e. The molecular weight excluding hydrogens is 449 g/mol. The number of fused-ring (bicyclic) bond motifs is 1. The van der Waals surface area contributed by atoms with Gasteiger partial charge in [0.15, 0.2) is 17.5 Å². The van der Waals surface area contributed by atoms with Crippen LogP contribution in [0.1, 0.15) is 45.6 Å². The van der Waals surface area contributed by atoms with Crippen molar-refractivity contribution in [2.45, 2.75) is 38.5 Å². The monoisotopic (exact) mass is 474 g/mol. The maximum absolute atomic E-state index is 14.0. The fourth-order valence-corrected chi connectivity index (χ4v) is 4.08. The lowest BCUT2D eigenvalue weighted by Crippen LogP contribution is -2.36. The topological polar surface area (TPSA) is 77.4 Å². The Kier molecular flexibility index (Phi) is 6.16. The molecule has 0 aliphatic carbocycles. The van der Waals surface area contributed by atoms with Crippen molar-refractivity contribution in [2.75, 3.05) is 24.9 Å². The van der Waals surface area contributed by atoms with E-state index in [1.165, 1.54) is 20.4 Å². The van der Waals surface area contributed by atoms with E-state index in [1.54, 1.807) is 18.2 Å². The lowest BCUT2D eigenvalue weighted by molar-refractivity contribution is -0.173. The number of aryl methyl sites for hydroxylation is 2. The molecular formula is C24H25F3N4O3. The van der Waals surface area contributed by atoms with Crippen LogP contribution in [0.4, 0.5) is 24.7 Å². The number of ether oxygens (including phenoxy) is 2. The molecule has 1 aliphatic rings. The summed E-state index contributed by atoms with van der Waals surface area (Å²) >= 11 is 0. The molecule has 0 saturated heterocycles. The average molecular weight is 474 g/mol. The second-order valence-corrected chi connectivity index (χ2v) is 8.23. The lowest BCUT2D eigenvalue weighted by Gasteiger charge is -2.34. The SMILES string of the molecule is COc1ccc([C@@H]2C[C@H](C(F)(F)F)n3ncc(C(=O)Nc4cc(C)ccc4C)c3N2)cc1OC. The van der Waals surface area contributed by atoms with Gasteiger partial charge in [-0.2, -0.15) is 18.3 Å². The molecule has 1 amide bonds. The van der Waals surface area contributed by atoms with Crippen molar-refractivity contribution in [3.05, 3.63) is 64.8 Å². The highest BCUT2D eigenvalue weighted by Gasteiger charge is 2.47. The number of methoxy groups -OCH3 is 2. The largest absolute Gasteiger partial charge is 0.493 e. The van der Waals surface area contributed by atoms with Gasteiger partial charge in [0, 0.05) is 12.1 Å². The summed E-state index contributed by atoms with van der Waals surface area (Å²) in [4.78, 5) is 13.1. The number of nitrogens with zero attached hydrogens (tertiary/aromatic N) is 2. The smallest absolute Gasteiger partial charge is 0.410 e. The van der Waals surface area contributed by atoms with Crippen LogP contribution in [0.25, 0.3) is 0 Å². The van der Waals surface area contributed by atoms with Crippen molar-refractivity contribution < 1.29 is 27.4 Å². The van der Waals surface area contributed by atoms with Gasteiger partial charge in [-0.3, -0.25) is 4.79 Å². The van der Waals surface area contributed by atoms with Gasteiger partial charge in [0.05, 0.1) is 26.5 Å². The third kappa shape index (κ3) is 4.40. The molecule has 0 bridgehead atoms. The Morgan fingerprint density at radius 2 is 1.85 bits per heavy atom. The van der Waals surface area contributed by atoms with Gasteiger partial charge in [0.25, 0.3) is 5.91 Å².